The zero-order valence-corrected chi connectivity index (χ0v) is 24.1. The predicted octanol–water partition coefficient (Wildman–Crippen LogP) is 0.125. The van der Waals surface area contributed by atoms with Crippen LogP contribution >= 0.6 is 11.8 Å². The molecule has 4 heterocycles. The smallest absolute Gasteiger partial charge is 0.410 e. The van der Waals surface area contributed by atoms with Crippen LogP contribution in [0, 0.1) is 22.0 Å². The van der Waals surface area contributed by atoms with E-state index in [0.29, 0.717) is 10.5 Å². The molecule has 1 aromatic carbocycles. The Morgan fingerprint density at radius 1 is 1.14 bits per heavy atom. The van der Waals surface area contributed by atoms with Crippen molar-refractivity contribution in [1.29, 1.82) is 0 Å². The number of carboxylic acids is 1. The lowest BCUT2D eigenvalue weighted by Gasteiger charge is -2.46. The summed E-state index contributed by atoms with van der Waals surface area (Å²) >= 11 is 1.17. The number of amides is 3. The molecule has 4 aliphatic heterocycles. The highest BCUT2D eigenvalue weighted by Crippen LogP contribution is 2.52. The molecule has 8 atom stereocenters. The van der Waals surface area contributed by atoms with Crippen LogP contribution in [-0.2, 0) is 25.7 Å². The number of nitrogens with zero attached hydrogens (tertiary/aromatic N) is 4. The molecule has 0 unspecified atom stereocenters. The van der Waals surface area contributed by atoms with E-state index in [0.717, 1.165) is 0 Å². The maximum absolute atomic E-state index is 13.5. The average molecular weight is 621 g/mol. The summed E-state index contributed by atoms with van der Waals surface area (Å²) in [6, 6.07) is 3.87. The molecule has 16 heteroatoms. The molecule has 1 aromatic rings. The Morgan fingerprint density at radius 3 is 2.33 bits per heavy atom. The maximum Gasteiger partial charge on any atom is 0.410 e. The van der Waals surface area contributed by atoms with E-state index in [4.69, 9.17) is 4.74 Å². The first-order valence-corrected chi connectivity index (χ1v) is 14.6. The standard InChI is InChI=1S/C27H32N4O11S/c1-12-21-20(13(2)32)25(36)30(21)22(26(37)38)23(12)43-16-7-17(24(35)28-9-18(33)19(34)10-28)29(8-16)27(39)42-11-14-3-5-15(6-4-14)31(40)41/h3-6,12-13,16-21,32-34H,7-11H2,1-2H3,(H,37,38)/t12-,13-,16+,17+,18+,19+,20-,21-/m1/s1. The molecule has 3 saturated heterocycles. The third-order valence-electron chi connectivity index (χ3n) is 8.47. The zero-order valence-electron chi connectivity index (χ0n) is 23.3. The predicted molar refractivity (Wildman–Crippen MR) is 148 cm³/mol. The molecule has 5 rings (SSSR count). The van der Waals surface area contributed by atoms with Gasteiger partial charge in [-0.25, -0.2) is 9.59 Å². The number of hydrogen-bond acceptors (Lipinski definition) is 11. The molecule has 0 aliphatic carbocycles. The molecule has 3 amide bonds. The van der Waals surface area contributed by atoms with Gasteiger partial charge in [-0.15, -0.1) is 11.8 Å². The van der Waals surface area contributed by atoms with Gasteiger partial charge in [0, 0.05) is 47.8 Å². The highest BCUT2D eigenvalue weighted by Gasteiger charge is 2.60. The van der Waals surface area contributed by atoms with E-state index >= 15 is 0 Å². The first kappa shape index (κ1) is 30.7. The number of nitro benzene ring substituents is 1. The van der Waals surface area contributed by atoms with Crippen LogP contribution < -0.4 is 0 Å². The van der Waals surface area contributed by atoms with Crippen molar-refractivity contribution in [2.75, 3.05) is 19.6 Å². The number of aliphatic hydroxyl groups excluding tert-OH is 3. The van der Waals surface area contributed by atoms with Crippen LogP contribution in [-0.4, -0.2) is 119 Å². The number of β-amino-alcohol motifs (C(OH)–C–C–N with tert-alkyl or cyclic N) is 2. The van der Waals surface area contributed by atoms with Gasteiger partial charge in [-0.2, -0.15) is 0 Å². The number of fused-ring (bicyclic) bond motifs is 1. The van der Waals surface area contributed by atoms with E-state index in [2.05, 4.69) is 0 Å². The van der Waals surface area contributed by atoms with Crippen molar-refractivity contribution in [2.24, 2.45) is 11.8 Å². The number of carboxylic acid groups (broad SMARTS) is 1. The van der Waals surface area contributed by atoms with Crippen LogP contribution in [0.3, 0.4) is 0 Å². The van der Waals surface area contributed by atoms with Crippen LogP contribution in [0.2, 0.25) is 0 Å². The monoisotopic (exact) mass is 620 g/mol. The molecule has 3 fully saturated rings. The summed E-state index contributed by atoms with van der Waals surface area (Å²) < 4.78 is 5.45. The van der Waals surface area contributed by atoms with E-state index < -0.39 is 76.3 Å². The van der Waals surface area contributed by atoms with Gasteiger partial charge in [0.15, 0.2) is 0 Å². The first-order chi connectivity index (χ1) is 20.3. The molecule has 43 heavy (non-hydrogen) atoms. The quantitative estimate of drug-likeness (QED) is 0.173. The van der Waals surface area contributed by atoms with Gasteiger partial charge in [0.1, 0.15) is 18.3 Å². The summed E-state index contributed by atoms with van der Waals surface area (Å²) in [6.07, 6.45) is -3.95. The van der Waals surface area contributed by atoms with Gasteiger partial charge in [0.05, 0.1) is 35.2 Å². The fourth-order valence-corrected chi connectivity index (χ4v) is 7.80. The normalized spacial score (nSPS) is 30.8. The number of rotatable bonds is 8. The van der Waals surface area contributed by atoms with Crippen LogP contribution in [0.5, 0.6) is 0 Å². The summed E-state index contributed by atoms with van der Waals surface area (Å²) in [4.78, 5) is 66.2. The van der Waals surface area contributed by atoms with Crippen LogP contribution in [0.15, 0.2) is 34.9 Å². The second-order valence-electron chi connectivity index (χ2n) is 11.3. The van der Waals surface area contributed by atoms with E-state index in [1.54, 1.807) is 6.92 Å². The molecule has 0 saturated carbocycles. The highest BCUT2D eigenvalue weighted by atomic mass is 32.2. The van der Waals surface area contributed by atoms with E-state index in [9.17, 15) is 49.7 Å². The van der Waals surface area contributed by atoms with Crippen LogP contribution in [0.1, 0.15) is 25.8 Å². The number of ether oxygens (including phenoxy) is 1. The van der Waals surface area contributed by atoms with Gasteiger partial charge < -0.3 is 35.0 Å². The van der Waals surface area contributed by atoms with Crippen molar-refractivity contribution < 1.29 is 49.3 Å². The molecule has 4 aliphatic rings. The Balaban J connectivity index is 1.35. The lowest BCUT2D eigenvalue weighted by molar-refractivity contribution is -0.384. The molecule has 4 N–H and O–H groups in total. The molecule has 0 bridgehead atoms. The van der Waals surface area contributed by atoms with E-state index in [-0.39, 0.29) is 44.0 Å². The van der Waals surface area contributed by atoms with Gasteiger partial charge in [-0.3, -0.25) is 24.6 Å². The topological polar surface area (TPSA) is 211 Å². The Bertz CT molecular complexity index is 1360. The Hall–Kier alpha value is -3.73. The lowest BCUT2D eigenvalue weighted by atomic mass is 9.79. The fourth-order valence-electron chi connectivity index (χ4n) is 6.28. The minimum Gasteiger partial charge on any atom is -0.477 e. The third-order valence-corrected chi connectivity index (χ3v) is 9.96. The highest BCUT2D eigenvalue weighted by molar-refractivity contribution is 8.03. The number of likely N-dealkylation sites (tertiary alicyclic amines) is 2. The second-order valence-corrected chi connectivity index (χ2v) is 12.6. The molecule has 0 aromatic heterocycles. The Kier molecular flexibility index (Phi) is 8.39. The summed E-state index contributed by atoms with van der Waals surface area (Å²) in [5, 5.41) is 50.5. The van der Waals surface area contributed by atoms with Gasteiger partial charge >= 0.3 is 12.1 Å². The van der Waals surface area contributed by atoms with Crippen molar-refractivity contribution in [3.63, 3.8) is 0 Å². The molecule has 0 radical (unpaired) electrons. The SMILES string of the molecule is C[C@@H](O)[C@H]1C(=O)N2C(C(=O)O)=C(S[C@H]3C[C@@H](C(=O)N4C[C@H](O)[C@@H](O)C4)N(C(=O)OCc4ccc([N+](=O)[O-])cc4)C3)[C@H](C)[C@H]12. The third kappa shape index (κ3) is 5.55. The van der Waals surface area contributed by atoms with Gasteiger partial charge in [-0.05, 0) is 31.0 Å². The summed E-state index contributed by atoms with van der Waals surface area (Å²) in [6.45, 7) is 2.80. The molecule has 232 valence electrons. The lowest BCUT2D eigenvalue weighted by Crippen LogP contribution is -2.63. The van der Waals surface area contributed by atoms with Crippen LogP contribution in [0.25, 0.3) is 0 Å². The number of non-ortho nitro benzene ring substituents is 1. The van der Waals surface area contributed by atoms with Crippen molar-refractivity contribution >= 4 is 41.3 Å². The summed E-state index contributed by atoms with van der Waals surface area (Å²) in [5.41, 5.74) is 0.186. The van der Waals surface area contributed by atoms with E-state index in [1.165, 1.54) is 57.7 Å². The number of aliphatic hydroxyl groups is 3. The number of β-lactam (4-membered cyclic amide) rings is 1. The summed E-state index contributed by atoms with van der Waals surface area (Å²) in [5.74, 6) is -3.42. The van der Waals surface area contributed by atoms with Crippen molar-refractivity contribution in [1.82, 2.24) is 14.7 Å². The van der Waals surface area contributed by atoms with E-state index in [1.807, 2.05) is 0 Å². The van der Waals surface area contributed by atoms with Gasteiger partial charge in [0.25, 0.3) is 5.69 Å². The van der Waals surface area contributed by atoms with Crippen molar-refractivity contribution in [3.05, 3.63) is 50.5 Å². The minimum absolute atomic E-state index is 0.000673. The fraction of sp³-hybridized carbons (Fsp3) is 0.556. The number of carbonyl (C=O) groups excluding carboxylic acids is 3. The number of nitro groups is 1. The van der Waals surface area contributed by atoms with Crippen molar-refractivity contribution in [3.8, 4) is 0 Å². The first-order valence-electron chi connectivity index (χ1n) is 13.8. The molecule has 15 nitrogen and oxygen atoms in total. The Labute approximate surface area is 249 Å². The Morgan fingerprint density at radius 2 is 1.77 bits per heavy atom. The number of thioether (sulfide) groups is 1. The zero-order chi connectivity index (χ0) is 31.3. The van der Waals surface area contributed by atoms with Crippen LogP contribution in [0.4, 0.5) is 10.5 Å². The molecule has 0 spiro atoms. The average Bonchev–Trinajstić information content (AvgIpc) is 3.60. The van der Waals surface area contributed by atoms with Crippen molar-refractivity contribution in [2.45, 2.75) is 62.5 Å². The van der Waals surface area contributed by atoms with Gasteiger partial charge in [-0.1, -0.05) is 6.92 Å². The number of benzene rings is 1. The molecular formula is C27H32N4O11S. The molecular weight excluding hydrogens is 588 g/mol. The number of carbonyl (C=O) groups is 4. The van der Waals surface area contributed by atoms with Gasteiger partial charge in [0.2, 0.25) is 11.8 Å². The summed E-state index contributed by atoms with van der Waals surface area (Å²) in [7, 11) is 0. The number of aliphatic carboxylic acids is 1. The number of hydrogen-bond donors (Lipinski definition) is 4. The maximum atomic E-state index is 13.5. The second kappa shape index (κ2) is 11.7. The largest absolute Gasteiger partial charge is 0.477 e. The minimum atomic E-state index is -1.29.